The Kier molecular flexibility index (Phi) is 4.38. The maximum Gasteiger partial charge on any atom is 0.128 e. The average molecular weight is 258 g/mol. The molecule has 0 unspecified atom stereocenters. The predicted molar refractivity (Wildman–Crippen MR) is 79.3 cm³/mol. The number of hydrogen-bond donors (Lipinski definition) is 1. The lowest BCUT2D eigenvalue weighted by molar-refractivity contribution is 0.263. The summed E-state index contributed by atoms with van der Waals surface area (Å²) in [6.45, 7) is 5.81. The van der Waals surface area contributed by atoms with Crippen LogP contribution in [0.3, 0.4) is 0 Å². The third-order valence-corrected chi connectivity index (χ3v) is 3.41. The van der Waals surface area contributed by atoms with Crippen molar-refractivity contribution < 1.29 is 4.74 Å². The number of rotatable bonds is 6. The van der Waals surface area contributed by atoms with E-state index in [1.807, 2.05) is 30.3 Å². The van der Waals surface area contributed by atoms with Crippen molar-refractivity contribution in [2.45, 2.75) is 26.7 Å². The molecule has 0 fully saturated rings. The molecular weight excluding hydrogens is 236 g/mol. The van der Waals surface area contributed by atoms with Crippen molar-refractivity contribution >= 4 is 10.9 Å². The minimum atomic E-state index is 0.198. The Morgan fingerprint density at radius 1 is 1.21 bits per heavy atom. The standard InChI is InChI=1S/C16H22N2O/c1-16(2,12-17)9-5-11-19-15-8-3-7-14-13(15)6-4-10-18-14/h3-4,6-8,10H,5,9,11-12,17H2,1-2H3. The van der Waals surface area contributed by atoms with Crippen molar-refractivity contribution in [3.05, 3.63) is 36.5 Å². The molecule has 2 N–H and O–H groups in total. The van der Waals surface area contributed by atoms with E-state index >= 15 is 0 Å². The molecule has 0 spiro atoms. The van der Waals surface area contributed by atoms with E-state index in [9.17, 15) is 0 Å². The molecule has 2 rings (SSSR count). The van der Waals surface area contributed by atoms with Gasteiger partial charge in [0.2, 0.25) is 0 Å². The summed E-state index contributed by atoms with van der Waals surface area (Å²) in [5, 5.41) is 1.07. The Hall–Kier alpha value is -1.61. The van der Waals surface area contributed by atoms with Crippen LogP contribution in [0.2, 0.25) is 0 Å². The zero-order valence-corrected chi connectivity index (χ0v) is 11.7. The third-order valence-electron chi connectivity index (χ3n) is 3.41. The highest BCUT2D eigenvalue weighted by Crippen LogP contribution is 2.25. The summed E-state index contributed by atoms with van der Waals surface area (Å²) in [5.74, 6) is 0.913. The zero-order chi connectivity index (χ0) is 13.7. The maximum atomic E-state index is 5.88. The molecular formula is C16H22N2O. The molecule has 19 heavy (non-hydrogen) atoms. The summed E-state index contributed by atoms with van der Waals surface area (Å²) in [6.07, 6.45) is 3.89. The zero-order valence-electron chi connectivity index (χ0n) is 11.7. The van der Waals surface area contributed by atoms with Gasteiger partial charge in [0.1, 0.15) is 5.75 Å². The molecule has 1 aromatic heterocycles. The maximum absolute atomic E-state index is 5.88. The second-order valence-corrected chi connectivity index (χ2v) is 5.65. The van der Waals surface area contributed by atoms with E-state index in [2.05, 4.69) is 18.8 Å². The molecule has 0 saturated carbocycles. The van der Waals surface area contributed by atoms with Gasteiger partial charge in [0.05, 0.1) is 12.1 Å². The molecule has 0 amide bonds. The fraction of sp³-hybridized carbons (Fsp3) is 0.438. The summed E-state index contributed by atoms with van der Waals surface area (Å²) in [7, 11) is 0. The van der Waals surface area contributed by atoms with Crippen molar-refractivity contribution in [2.75, 3.05) is 13.2 Å². The lowest BCUT2D eigenvalue weighted by Crippen LogP contribution is -2.23. The van der Waals surface area contributed by atoms with Gasteiger partial charge in [-0.25, -0.2) is 0 Å². The van der Waals surface area contributed by atoms with Gasteiger partial charge in [-0.15, -0.1) is 0 Å². The van der Waals surface area contributed by atoms with Crippen LogP contribution in [0.25, 0.3) is 10.9 Å². The highest BCUT2D eigenvalue weighted by atomic mass is 16.5. The molecule has 102 valence electrons. The Morgan fingerprint density at radius 3 is 2.84 bits per heavy atom. The summed E-state index contributed by atoms with van der Waals surface area (Å²) < 4.78 is 5.88. The molecule has 0 atom stereocenters. The van der Waals surface area contributed by atoms with Gasteiger partial charge in [-0.3, -0.25) is 4.98 Å². The van der Waals surface area contributed by atoms with E-state index in [0.29, 0.717) is 6.54 Å². The average Bonchev–Trinajstić information content (AvgIpc) is 2.44. The molecule has 0 aliphatic carbocycles. The molecule has 0 aliphatic rings. The van der Waals surface area contributed by atoms with Gasteiger partial charge in [0, 0.05) is 11.6 Å². The van der Waals surface area contributed by atoms with Gasteiger partial charge in [-0.05, 0) is 49.1 Å². The molecule has 2 aromatic rings. The Labute approximate surface area is 114 Å². The van der Waals surface area contributed by atoms with E-state index in [0.717, 1.165) is 36.1 Å². The quantitative estimate of drug-likeness (QED) is 0.808. The lowest BCUT2D eigenvalue weighted by atomic mass is 9.88. The lowest BCUT2D eigenvalue weighted by Gasteiger charge is -2.22. The van der Waals surface area contributed by atoms with E-state index in [1.165, 1.54) is 0 Å². The predicted octanol–water partition coefficient (Wildman–Crippen LogP) is 3.38. The van der Waals surface area contributed by atoms with Crippen LogP contribution >= 0.6 is 0 Å². The number of hydrogen-bond acceptors (Lipinski definition) is 3. The first kappa shape index (κ1) is 13.8. The number of aromatic nitrogens is 1. The first-order chi connectivity index (χ1) is 9.12. The summed E-state index contributed by atoms with van der Waals surface area (Å²) >= 11 is 0. The molecule has 1 aromatic carbocycles. The largest absolute Gasteiger partial charge is 0.493 e. The molecule has 0 radical (unpaired) electrons. The van der Waals surface area contributed by atoms with Gasteiger partial charge < -0.3 is 10.5 Å². The van der Waals surface area contributed by atoms with Crippen molar-refractivity contribution in [2.24, 2.45) is 11.1 Å². The highest BCUT2D eigenvalue weighted by Gasteiger charge is 2.14. The van der Waals surface area contributed by atoms with Gasteiger partial charge >= 0.3 is 0 Å². The number of pyridine rings is 1. The highest BCUT2D eigenvalue weighted by molar-refractivity contribution is 5.84. The van der Waals surface area contributed by atoms with Crippen LogP contribution in [0.15, 0.2) is 36.5 Å². The topological polar surface area (TPSA) is 48.1 Å². The molecule has 0 saturated heterocycles. The minimum Gasteiger partial charge on any atom is -0.493 e. The van der Waals surface area contributed by atoms with Crippen LogP contribution in [0.4, 0.5) is 0 Å². The van der Waals surface area contributed by atoms with E-state index in [1.54, 1.807) is 6.20 Å². The smallest absolute Gasteiger partial charge is 0.128 e. The monoisotopic (exact) mass is 258 g/mol. The number of nitrogens with zero attached hydrogens (tertiary/aromatic N) is 1. The van der Waals surface area contributed by atoms with Gasteiger partial charge in [-0.2, -0.15) is 0 Å². The SMILES string of the molecule is CC(C)(CN)CCCOc1cccc2ncccc12. The summed E-state index contributed by atoms with van der Waals surface area (Å²) in [4.78, 5) is 4.33. The number of nitrogens with two attached hydrogens (primary N) is 1. The first-order valence-corrected chi connectivity index (χ1v) is 6.79. The van der Waals surface area contributed by atoms with Crippen molar-refractivity contribution in [1.29, 1.82) is 0 Å². The number of benzene rings is 1. The van der Waals surface area contributed by atoms with Crippen LogP contribution < -0.4 is 10.5 Å². The van der Waals surface area contributed by atoms with Crippen LogP contribution in [0.5, 0.6) is 5.75 Å². The van der Waals surface area contributed by atoms with Gasteiger partial charge in [0.15, 0.2) is 0 Å². The normalized spacial score (nSPS) is 11.7. The van der Waals surface area contributed by atoms with E-state index < -0.39 is 0 Å². The van der Waals surface area contributed by atoms with Crippen molar-refractivity contribution in [3.8, 4) is 5.75 Å². The second-order valence-electron chi connectivity index (χ2n) is 5.65. The first-order valence-electron chi connectivity index (χ1n) is 6.79. The van der Waals surface area contributed by atoms with Crippen LogP contribution in [-0.2, 0) is 0 Å². The molecule has 3 heteroatoms. The molecule has 0 aliphatic heterocycles. The summed E-state index contributed by atoms with van der Waals surface area (Å²) in [6, 6.07) is 9.96. The van der Waals surface area contributed by atoms with Crippen molar-refractivity contribution in [1.82, 2.24) is 4.98 Å². The number of fused-ring (bicyclic) bond motifs is 1. The molecule has 3 nitrogen and oxygen atoms in total. The Balaban J connectivity index is 1.95. The van der Waals surface area contributed by atoms with Gasteiger partial charge in [-0.1, -0.05) is 19.9 Å². The van der Waals surface area contributed by atoms with Crippen LogP contribution in [0.1, 0.15) is 26.7 Å². The van der Waals surface area contributed by atoms with E-state index in [-0.39, 0.29) is 5.41 Å². The summed E-state index contributed by atoms with van der Waals surface area (Å²) in [5.41, 5.74) is 6.90. The fourth-order valence-electron chi connectivity index (χ4n) is 2.04. The van der Waals surface area contributed by atoms with Crippen LogP contribution in [-0.4, -0.2) is 18.1 Å². The third kappa shape index (κ3) is 3.67. The van der Waals surface area contributed by atoms with Gasteiger partial charge in [0.25, 0.3) is 0 Å². The second kappa shape index (κ2) is 6.02. The Morgan fingerprint density at radius 2 is 2.05 bits per heavy atom. The van der Waals surface area contributed by atoms with Crippen LogP contribution in [0, 0.1) is 5.41 Å². The molecule has 1 heterocycles. The molecule has 0 bridgehead atoms. The van der Waals surface area contributed by atoms with Crippen molar-refractivity contribution in [3.63, 3.8) is 0 Å². The minimum absolute atomic E-state index is 0.198. The Bertz CT molecular complexity index is 532. The fourth-order valence-corrected chi connectivity index (χ4v) is 2.04. The number of ether oxygens (including phenoxy) is 1. The van der Waals surface area contributed by atoms with E-state index in [4.69, 9.17) is 10.5 Å².